The summed E-state index contributed by atoms with van der Waals surface area (Å²) >= 11 is 0. The number of halogens is 3. The van der Waals surface area contributed by atoms with Gasteiger partial charge in [0.15, 0.2) is 0 Å². The third-order valence-corrected chi connectivity index (χ3v) is 6.56. The number of alkyl halides is 3. The van der Waals surface area contributed by atoms with Crippen molar-refractivity contribution < 1.29 is 22.7 Å². The number of hydrogen-bond acceptors (Lipinski definition) is 3. The molecule has 1 heterocycles. The van der Waals surface area contributed by atoms with Crippen molar-refractivity contribution in [3.05, 3.63) is 99.5 Å². The number of hydrogen-bond donors (Lipinski definition) is 0. The molecule has 184 valence electrons. The minimum Gasteiger partial charge on any atom is -0.489 e. The molecule has 0 fully saturated rings. The van der Waals surface area contributed by atoms with Gasteiger partial charge >= 0.3 is 6.18 Å². The Morgan fingerprint density at radius 1 is 0.943 bits per heavy atom. The highest BCUT2D eigenvalue weighted by molar-refractivity contribution is 5.84. The second-order valence-electron chi connectivity index (χ2n) is 9.09. The Bertz CT molecular complexity index is 1220. The summed E-state index contributed by atoms with van der Waals surface area (Å²) in [5.41, 5.74) is 4.22. The van der Waals surface area contributed by atoms with Crippen LogP contribution in [-0.2, 0) is 37.2 Å². The number of Topliss-reactive ketones (excluding diaryl/α,β-unsaturated/α-hetero) is 1. The van der Waals surface area contributed by atoms with E-state index in [9.17, 15) is 22.8 Å². The Morgan fingerprint density at radius 3 is 2.40 bits per heavy atom. The van der Waals surface area contributed by atoms with Crippen LogP contribution in [0.2, 0.25) is 0 Å². The van der Waals surface area contributed by atoms with Crippen LogP contribution >= 0.6 is 0 Å². The lowest BCUT2D eigenvalue weighted by atomic mass is 9.93. The first-order valence-electron chi connectivity index (χ1n) is 11.9. The molecule has 2 aromatic carbocycles. The predicted octanol–water partition coefficient (Wildman–Crippen LogP) is 5.69. The molecule has 0 aliphatic heterocycles. The molecule has 3 aromatic rings. The summed E-state index contributed by atoms with van der Waals surface area (Å²) in [6.45, 7) is 0.907. The lowest BCUT2D eigenvalue weighted by Crippen LogP contribution is -2.25. The van der Waals surface area contributed by atoms with E-state index in [-0.39, 0.29) is 11.5 Å². The van der Waals surface area contributed by atoms with Gasteiger partial charge in [-0.25, -0.2) is 0 Å². The first kappa shape index (κ1) is 24.8. The molecule has 7 heteroatoms. The molecular formula is C28H28F3NO3. The Balaban J connectivity index is 1.32. The van der Waals surface area contributed by atoms with Crippen molar-refractivity contribution in [3.63, 3.8) is 0 Å². The molecule has 1 unspecified atom stereocenters. The third-order valence-electron chi connectivity index (χ3n) is 6.56. The largest absolute Gasteiger partial charge is 0.489 e. The van der Waals surface area contributed by atoms with E-state index in [1.165, 1.54) is 6.07 Å². The van der Waals surface area contributed by atoms with E-state index in [0.717, 1.165) is 22.3 Å². The van der Waals surface area contributed by atoms with Crippen LogP contribution in [0.25, 0.3) is 0 Å². The molecule has 0 saturated heterocycles. The zero-order valence-electron chi connectivity index (χ0n) is 19.4. The first-order valence-corrected chi connectivity index (χ1v) is 11.9. The van der Waals surface area contributed by atoms with Gasteiger partial charge in [-0.3, -0.25) is 9.59 Å². The topological polar surface area (TPSA) is 48.3 Å². The third kappa shape index (κ3) is 6.84. The second-order valence-corrected chi connectivity index (χ2v) is 9.09. The van der Waals surface area contributed by atoms with Crippen LogP contribution in [0.3, 0.4) is 0 Å². The van der Waals surface area contributed by atoms with E-state index in [1.807, 2.05) is 42.5 Å². The molecule has 1 aliphatic rings. The minimum absolute atomic E-state index is 0.137. The fourth-order valence-corrected chi connectivity index (χ4v) is 4.51. The number of aromatic nitrogens is 1. The van der Waals surface area contributed by atoms with Gasteiger partial charge in [-0.1, -0.05) is 48.5 Å². The number of benzene rings is 2. The van der Waals surface area contributed by atoms with Gasteiger partial charge in [0, 0.05) is 25.2 Å². The maximum atomic E-state index is 12.6. The van der Waals surface area contributed by atoms with E-state index in [1.54, 1.807) is 16.8 Å². The number of fused-ring (bicyclic) bond motifs is 1. The van der Waals surface area contributed by atoms with E-state index >= 15 is 0 Å². The molecule has 1 aliphatic carbocycles. The Hall–Kier alpha value is -3.35. The van der Waals surface area contributed by atoms with Crippen molar-refractivity contribution in [2.45, 2.75) is 57.9 Å². The van der Waals surface area contributed by atoms with Crippen molar-refractivity contribution >= 4 is 5.78 Å². The van der Waals surface area contributed by atoms with Crippen molar-refractivity contribution in [2.24, 2.45) is 5.92 Å². The summed E-state index contributed by atoms with van der Waals surface area (Å²) in [4.78, 5) is 23.9. The average Bonchev–Trinajstić information content (AvgIpc) is 3.04. The number of pyridine rings is 1. The fourth-order valence-electron chi connectivity index (χ4n) is 4.51. The SMILES string of the molecule is O=C(CC1CCc2ccc(CCn3ccc(OCc4ccccc4)cc3=O)cc2CC1)C(F)(F)F. The monoisotopic (exact) mass is 483 g/mol. The van der Waals surface area contributed by atoms with E-state index < -0.39 is 18.4 Å². The molecule has 4 rings (SSSR count). The van der Waals surface area contributed by atoms with E-state index in [4.69, 9.17) is 4.74 Å². The van der Waals surface area contributed by atoms with Gasteiger partial charge in [0.1, 0.15) is 12.4 Å². The number of ether oxygens (including phenoxy) is 1. The maximum absolute atomic E-state index is 12.6. The highest BCUT2D eigenvalue weighted by Crippen LogP contribution is 2.30. The Labute approximate surface area is 202 Å². The van der Waals surface area contributed by atoms with Crippen molar-refractivity contribution in [3.8, 4) is 5.75 Å². The lowest BCUT2D eigenvalue weighted by Gasteiger charge is -2.13. The van der Waals surface area contributed by atoms with Crippen molar-refractivity contribution in [1.29, 1.82) is 0 Å². The molecule has 1 aromatic heterocycles. The molecule has 1 atom stereocenters. The fraction of sp³-hybridized carbons (Fsp3) is 0.357. The summed E-state index contributed by atoms with van der Waals surface area (Å²) in [5.74, 6) is -1.35. The summed E-state index contributed by atoms with van der Waals surface area (Å²) in [6.07, 6.45) is -0.303. The van der Waals surface area contributed by atoms with Crippen LogP contribution in [0.1, 0.15) is 41.5 Å². The first-order chi connectivity index (χ1) is 16.8. The molecule has 0 N–H and O–H groups in total. The zero-order valence-corrected chi connectivity index (χ0v) is 19.4. The summed E-state index contributed by atoms with van der Waals surface area (Å²) in [6, 6.07) is 19.1. The molecule has 35 heavy (non-hydrogen) atoms. The quantitative estimate of drug-likeness (QED) is 0.387. The molecule has 0 amide bonds. The standard InChI is InChI=1S/C28H28F3NO3/c29-28(30,31)26(33)17-20-6-9-23-10-7-21(16-24(23)11-8-20)12-14-32-15-13-25(18-27(32)34)35-19-22-4-2-1-3-5-22/h1-5,7,10,13,15-16,18,20H,6,8-9,11-12,14,17,19H2. The van der Waals surface area contributed by atoms with Crippen LogP contribution in [0.5, 0.6) is 5.75 Å². The number of ketones is 1. The van der Waals surface area contributed by atoms with Gasteiger partial charge in [0.05, 0.1) is 0 Å². The van der Waals surface area contributed by atoms with Crippen LogP contribution in [-0.4, -0.2) is 16.5 Å². The average molecular weight is 484 g/mol. The summed E-state index contributed by atoms with van der Waals surface area (Å²) in [5, 5.41) is 0. The van der Waals surface area contributed by atoms with Crippen LogP contribution in [0, 0.1) is 5.92 Å². The van der Waals surface area contributed by atoms with Gasteiger partial charge in [-0.2, -0.15) is 13.2 Å². The van der Waals surface area contributed by atoms with Crippen LogP contribution in [0.4, 0.5) is 13.2 Å². The predicted molar refractivity (Wildman–Crippen MR) is 127 cm³/mol. The Morgan fingerprint density at radius 2 is 1.69 bits per heavy atom. The highest BCUT2D eigenvalue weighted by Gasteiger charge is 2.39. The molecular weight excluding hydrogens is 455 g/mol. The Kier molecular flexibility index (Phi) is 7.73. The van der Waals surface area contributed by atoms with Gasteiger partial charge in [-0.05, 0) is 66.3 Å². The van der Waals surface area contributed by atoms with Gasteiger partial charge < -0.3 is 9.30 Å². The van der Waals surface area contributed by atoms with E-state index in [0.29, 0.717) is 51.0 Å². The van der Waals surface area contributed by atoms with E-state index in [2.05, 4.69) is 6.07 Å². The number of nitrogens with zero attached hydrogens (tertiary/aromatic N) is 1. The number of carbonyl (C=O) groups excluding carboxylic acids is 1. The van der Waals surface area contributed by atoms with Gasteiger partial charge in [0.2, 0.25) is 5.78 Å². The molecule has 4 nitrogen and oxygen atoms in total. The molecule has 0 saturated carbocycles. The van der Waals surface area contributed by atoms with Crippen molar-refractivity contribution in [2.75, 3.05) is 0 Å². The lowest BCUT2D eigenvalue weighted by molar-refractivity contribution is -0.172. The van der Waals surface area contributed by atoms with Gasteiger partial charge in [-0.15, -0.1) is 0 Å². The number of aryl methyl sites for hydroxylation is 4. The second kappa shape index (κ2) is 10.9. The molecule has 0 radical (unpaired) electrons. The minimum atomic E-state index is -4.75. The molecule has 0 bridgehead atoms. The normalized spacial score (nSPS) is 15.8. The number of rotatable bonds is 8. The maximum Gasteiger partial charge on any atom is 0.449 e. The number of carbonyl (C=O) groups is 1. The summed E-state index contributed by atoms with van der Waals surface area (Å²) < 4.78 is 45.2. The zero-order chi connectivity index (χ0) is 24.8. The van der Waals surface area contributed by atoms with Crippen LogP contribution in [0.15, 0.2) is 71.7 Å². The van der Waals surface area contributed by atoms with Crippen LogP contribution < -0.4 is 10.3 Å². The highest BCUT2D eigenvalue weighted by atomic mass is 19.4. The van der Waals surface area contributed by atoms with Crippen molar-refractivity contribution in [1.82, 2.24) is 4.57 Å². The summed E-state index contributed by atoms with van der Waals surface area (Å²) in [7, 11) is 0. The smallest absolute Gasteiger partial charge is 0.449 e. The molecule has 0 spiro atoms. The van der Waals surface area contributed by atoms with Gasteiger partial charge in [0.25, 0.3) is 5.56 Å².